The number of aryl methyl sites for hydroxylation is 2. The molecule has 0 saturated heterocycles. The van der Waals surface area contributed by atoms with E-state index in [0.29, 0.717) is 0 Å². The highest BCUT2D eigenvalue weighted by Gasteiger charge is 2.24. The Kier molecular flexibility index (Phi) is 3.55. The molecule has 102 valence electrons. The molecule has 0 aromatic heterocycles. The van der Waals surface area contributed by atoms with E-state index in [-0.39, 0.29) is 11.8 Å². The fourth-order valence-electron chi connectivity index (χ4n) is 2.85. The van der Waals surface area contributed by atoms with Crippen LogP contribution in [0.2, 0.25) is 0 Å². The van der Waals surface area contributed by atoms with E-state index in [1.165, 1.54) is 11.1 Å². The summed E-state index contributed by atoms with van der Waals surface area (Å²) in [7, 11) is 0. The summed E-state index contributed by atoms with van der Waals surface area (Å²) in [6.07, 6.45) is 2.85. The van der Waals surface area contributed by atoms with E-state index in [2.05, 4.69) is 24.4 Å². The molecule has 0 fully saturated rings. The van der Waals surface area contributed by atoms with Gasteiger partial charge in [0.05, 0.1) is 5.92 Å². The van der Waals surface area contributed by atoms with Crippen LogP contribution in [0.5, 0.6) is 0 Å². The van der Waals surface area contributed by atoms with E-state index in [1.807, 2.05) is 36.4 Å². The molecule has 2 aromatic carbocycles. The minimum Gasteiger partial charge on any atom is -0.325 e. The Labute approximate surface area is 119 Å². The molecule has 0 radical (unpaired) electrons. The predicted octanol–water partition coefficient (Wildman–Crippen LogP) is 3.92. The molecular weight excluding hydrogens is 246 g/mol. The minimum atomic E-state index is -0.0475. The summed E-state index contributed by atoms with van der Waals surface area (Å²) in [4.78, 5) is 12.4. The molecule has 1 aliphatic rings. The number of amides is 1. The smallest absolute Gasteiger partial charge is 0.231 e. The van der Waals surface area contributed by atoms with Gasteiger partial charge in [0.25, 0.3) is 0 Å². The Hall–Kier alpha value is -2.09. The van der Waals surface area contributed by atoms with Crippen LogP contribution < -0.4 is 5.32 Å². The van der Waals surface area contributed by atoms with E-state index < -0.39 is 0 Å². The largest absolute Gasteiger partial charge is 0.325 e. The van der Waals surface area contributed by atoms with E-state index in [4.69, 9.17) is 0 Å². The van der Waals surface area contributed by atoms with Gasteiger partial charge in [0.1, 0.15) is 0 Å². The molecule has 0 aliphatic carbocycles. The molecule has 2 heteroatoms. The quantitative estimate of drug-likeness (QED) is 0.876. The Morgan fingerprint density at radius 2 is 1.95 bits per heavy atom. The monoisotopic (exact) mass is 265 g/mol. The average Bonchev–Trinajstić information content (AvgIpc) is 2.65. The first-order valence-corrected chi connectivity index (χ1v) is 7.25. The SMILES string of the molecule is CCc1ccc2c(c1)CC[C@@H](c1ccccc1)C(=O)N2. The van der Waals surface area contributed by atoms with Crippen LogP contribution in [0.3, 0.4) is 0 Å². The summed E-state index contributed by atoms with van der Waals surface area (Å²) >= 11 is 0. The predicted molar refractivity (Wildman–Crippen MR) is 82.0 cm³/mol. The molecule has 1 N–H and O–H groups in total. The van der Waals surface area contributed by atoms with Crippen LogP contribution in [-0.4, -0.2) is 5.91 Å². The van der Waals surface area contributed by atoms with Gasteiger partial charge in [-0.25, -0.2) is 0 Å². The van der Waals surface area contributed by atoms with Crippen molar-refractivity contribution in [1.29, 1.82) is 0 Å². The number of anilines is 1. The standard InChI is InChI=1S/C18H19NO/c1-2-13-8-11-17-15(12-13)9-10-16(18(20)19-17)14-6-4-3-5-7-14/h3-8,11-12,16H,2,9-10H2,1H3,(H,19,20)/t16-/m0/s1. The molecule has 0 bridgehead atoms. The molecule has 3 rings (SSSR count). The molecule has 0 saturated carbocycles. The second-order valence-electron chi connectivity index (χ2n) is 5.34. The van der Waals surface area contributed by atoms with E-state index in [9.17, 15) is 4.79 Å². The third-order valence-electron chi connectivity index (χ3n) is 4.06. The molecule has 1 heterocycles. The molecule has 1 amide bonds. The van der Waals surface area contributed by atoms with Crippen LogP contribution in [0.1, 0.15) is 36.0 Å². The summed E-state index contributed by atoms with van der Waals surface area (Å²) < 4.78 is 0. The van der Waals surface area contributed by atoms with Gasteiger partial charge in [0.15, 0.2) is 0 Å². The average molecular weight is 265 g/mol. The van der Waals surface area contributed by atoms with Crippen molar-refractivity contribution in [2.24, 2.45) is 0 Å². The molecule has 20 heavy (non-hydrogen) atoms. The number of rotatable bonds is 2. The van der Waals surface area contributed by atoms with Crippen molar-refractivity contribution in [1.82, 2.24) is 0 Å². The van der Waals surface area contributed by atoms with Gasteiger partial charge in [0, 0.05) is 5.69 Å². The number of hydrogen-bond donors (Lipinski definition) is 1. The van der Waals surface area contributed by atoms with Crippen molar-refractivity contribution >= 4 is 11.6 Å². The zero-order chi connectivity index (χ0) is 13.9. The van der Waals surface area contributed by atoms with Crippen molar-refractivity contribution in [2.45, 2.75) is 32.1 Å². The number of carbonyl (C=O) groups excluding carboxylic acids is 1. The Morgan fingerprint density at radius 3 is 2.70 bits per heavy atom. The second-order valence-corrected chi connectivity index (χ2v) is 5.34. The lowest BCUT2D eigenvalue weighted by Gasteiger charge is -2.13. The van der Waals surface area contributed by atoms with Gasteiger partial charge in [-0.15, -0.1) is 0 Å². The third kappa shape index (κ3) is 2.46. The lowest BCUT2D eigenvalue weighted by Crippen LogP contribution is -2.19. The number of fused-ring (bicyclic) bond motifs is 1. The molecular formula is C18H19NO. The second kappa shape index (κ2) is 5.49. The highest BCUT2D eigenvalue weighted by molar-refractivity contribution is 5.97. The van der Waals surface area contributed by atoms with E-state index >= 15 is 0 Å². The van der Waals surface area contributed by atoms with Gasteiger partial charge in [0.2, 0.25) is 5.91 Å². The normalized spacial score (nSPS) is 18.1. The molecule has 1 aliphatic heterocycles. The van der Waals surface area contributed by atoms with Gasteiger partial charge in [-0.2, -0.15) is 0 Å². The molecule has 0 unspecified atom stereocenters. The van der Waals surface area contributed by atoms with Crippen LogP contribution in [0, 0.1) is 0 Å². The summed E-state index contributed by atoms with van der Waals surface area (Å²) in [5, 5.41) is 3.08. The summed E-state index contributed by atoms with van der Waals surface area (Å²) in [6.45, 7) is 2.16. The number of benzene rings is 2. The Balaban J connectivity index is 1.90. The van der Waals surface area contributed by atoms with Crippen LogP contribution >= 0.6 is 0 Å². The van der Waals surface area contributed by atoms with Gasteiger partial charge in [-0.05, 0) is 42.0 Å². The third-order valence-corrected chi connectivity index (χ3v) is 4.06. The first-order valence-electron chi connectivity index (χ1n) is 7.25. The van der Waals surface area contributed by atoms with Crippen molar-refractivity contribution in [3.63, 3.8) is 0 Å². The molecule has 1 atom stereocenters. The van der Waals surface area contributed by atoms with Crippen molar-refractivity contribution in [3.8, 4) is 0 Å². The topological polar surface area (TPSA) is 29.1 Å². The maximum Gasteiger partial charge on any atom is 0.231 e. The van der Waals surface area contributed by atoms with Crippen LogP contribution in [0.4, 0.5) is 5.69 Å². The number of nitrogens with one attached hydrogen (secondary N) is 1. The fraction of sp³-hybridized carbons (Fsp3) is 0.278. The molecule has 2 nitrogen and oxygen atoms in total. The van der Waals surface area contributed by atoms with Gasteiger partial charge >= 0.3 is 0 Å². The first kappa shape index (κ1) is 12.9. The maximum atomic E-state index is 12.4. The first-order chi connectivity index (χ1) is 9.78. The highest BCUT2D eigenvalue weighted by Crippen LogP contribution is 2.30. The number of hydrogen-bond acceptors (Lipinski definition) is 1. The van der Waals surface area contributed by atoms with Crippen molar-refractivity contribution in [3.05, 3.63) is 65.2 Å². The summed E-state index contributed by atoms with van der Waals surface area (Å²) in [5.41, 5.74) is 4.67. The zero-order valence-electron chi connectivity index (χ0n) is 11.7. The zero-order valence-corrected chi connectivity index (χ0v) is 11.7. The highest BCUT2D eigenvalue weighted by atomic mass is 16.1. The van der Waals surface area contributed by atoms with Gasteiger partial charge in [-0.1, -0.05) is 49.4 Å². The lowest BCUT2D eigenvalue weighted by molar-refractivity contribution is -0.117. The molecule has 2 aromatic rings. The van der Waals surface area contributed by atoms with E-state index in [1.54, 1.807) is 0 Å². The fourth-order valence-corrected chi connectivity index (χ4v) is 2.85. The summed E-state index contributed by atoms with van der Waals surface area (Å²) in [6, 6.07) is 16.4. The van der Waals surface area contributed by atoms with Crippen molar-refractivity contribution in [2.75, 3.05) is 5.32 Å². The maximum absolute atomic E-state index is 12.4. The van der Waals surface area contributed by atoms with Crippen LogP contribution in [0.15, 0.2) is 48.5 Å². The minimum absolute atomic E-state index is 0.0475. The molecule has 0 spiro atoms. The summed E-state index contributed by atoms with van der Waals surface area (Å²) in [5.74, 6) is 0.0628. The Morgan fingerprint density at radius 1 is 1.15 bits per heavy atom. The lowest BCUT2D eigenvalue weighted by atomic mass is 9.92. The van der Waals surface area contributed by atoms with Gasteiger partial charge < -0.3 is 5.32 Å². The van der Waals surface area contributed by atoms with Crippen molar-refractivity contribution < 1.29 is 4.79 Å². The Bertz CT molecular complexity index is 619. The van der Waals surface area contributed by atoms with Gasteiger partial charge in [-0.3, -0.25) is 4.79 Å². The number of carbonyl (C=O) groups is 1. The van der Waals surface area contributed by atoms with Crippen LogP contribution in [-0.2, 0) is 17.6 Å². The van der Waals surface area contributed by atoms with E-state index in [0.717, 1.165) is 30.5 Å². The van der Waals surface area contributed by atoms with Crippen LogP contribution in [0.25, 0.3) is 0 Å².